The van der Waals surface area contributed by atoms with Crippen LogP contribution >= 0.6 is 27.7 Å². The van der Waals surface area contributed by atoms with Crippen molar-refractivity contribution in [2.75, 3.05) is 5.75 Å². The van der Waals surface area contributed by atoms with Crippen LogP contribution in [0.4, 0.5) is 0 Å². The van der Waals surface area contributed by atoms with Crippen molar-refractivity contribution in [3.63, 3.8) is 0 Å². The first-order valence-electron chi connectivity index (χ1n) is 6.51. The molecular formula is C16H12BrNOS. The maximum absolute atomic E-state index is 9.76. The lowest BCUT2D eigenvalue weighted by Crippen LogP contribution is -2.03. The first kappa shape index (κ1) is 12.5. The van der Waals surface area contributed by atoms with Crippen LogP contribution in [0.3, 0.4) is 0 Å². The Bertz CT molecular complexity index is 769. The molecule has 0 saturated heterocycles. The highest BCUT2D eigenvalue weighted by atomic mass is 79.9. The second-order valence-electron chi connectivity index (χ2n) is 5.15. The number of hydrogen-bond acceptors (Lipinski definition) is 3. The number of phenolic OH excluding ortho intramolecular Hbond substituents is 1. The van der Waals surface area contributed by atoms with Crippen LogP contribution in [0.1, 0.15) is 29.7 Å². The molecule has 2 heterocycles. The molecule has 0 radical (unpaired) electrons. The highest BCUT2D eigenvalue weighted by molar-refractivity contribution is 9.10. The van der Waals surface area contributed by atoms with Crippen LogP contribution in [0.5, 0.6) is 5.75 Å². The maximum Gasteiger partial charge on any atom is 0.116 e. The molecule has 1 aromatic carbocycles. The molecule has 1 aliphatic carbocycles. The van der Waals surface area contributed by atoms with Gasteiger partial charge in [0.05, 0.1) is 5.69 Å². The zero-order chi connectivity index (χ0) is 13.9. The molecule has 0 spiro atoms. The molecule has 2 nitrogen and oxygen atoms in total. The van der Waals surface area contributed by atoms with Crippen molar-refractivity contribution in [3.05, 3.63) is 51.8 Å². The molecule has 0 saturated carbocycles. The molecule has 1 atom stereocenters. The summed E-state index contributed by atoms with van der Waals surface area (Å²) in [5, 5.41) is 9.76. The van der Waals surface area contributed by atoms with E-state index in [0.717, 1.165) is 16.0 Å². The highest BCUT2D eigenvalue weighted by Gasteiger charge is 2.34. The highest BCUT2D eigenvalue weighted by Crippen LogP contribution is 2.53. The molecular weight excluding hydrogens is 334 g/mol. The zero-order valence-electron chi connectivity index (χ0n) is 10.9. The summed E-state index contributed by atoms with van der Waals surface area (Å²) in [6, 6.07) is 9.83. The second-order valence-corrected chi connectivity index (χ2v) is 6.98. The number of benzene rings is 1. The van der Waals surface area contributed by atoms with Gasteiger partial charge in [-0.25, -0.2) is 4.98 Å². The van der Waals surface area contributed by atoms with Crippen molar-refractivity contribution >= 4 is 38.8 Å². The molecule has 0 fully saturated rings. The summed E-state index contributed by atoms with van der Waals surface area (Å²) in [5.74, 6) is 1.62. The summed E-state index contributed by atoms with van der Waals surface area (Å²) in [4.78, 5) is 5.93. The van der Waals surface area contributed by atoms with Crippen molar-refractivity contribution < 1.29 is 5.11 Å². The van der Waals surface area contributed by atoms with E-state index >= 15 is 0 Å². The van der Waals surface area contributed by atoms with Crippen LogP contribution in [-0.4, -0.2) is 15.8 Å². The van der Waals surface area contributed by atoms with E-state index in [1.165, 1.54) is 27.2 Å². The first-order valence-corrected chi connectivity index (χ1v) is 8.29. The van der Waals surface area contributed by atoms with Gasteiger partial charge in [-0.15, -0.1) is 11.8 Å². The lowest BCUT2D eigenvalue weighted by Gasteiger charge is -2.20. The summed E-state index contributed by atoms with van der Waals surface area (Å²) in [6.07, 6.45) is 0. The van der Waals surface area contributed by atoms with E-state index in [1.807, 2.05) is 30.0 Å². The molecule has 2 aliphatic rings. The number of thioether (sulfide) groups is 1. The lowest BCUT2D eigenvalue weighted by atomic mass is 9.95. The molecule has 1 N–H and O–H groups in total. The van der Waals surface area contributed by atoms with E-state index < -0.39 is 0 Å². The molecule has 1 aromatic heterocycles. The summed E-state index contributed by atoms with van der Waals surface area (Å²) in [6.45, 7) is 2.22. The number of nitrogens with zero attached hydrogens (tertiary/aromatic N) is 1. The lowest BCUT2D eigenvalue weighted by molar-refractivity contribution is 0.475. The molecule has 2 aromatic rings. The molecule has 20 heavy (non-hydrogen) atoms. The van der Waals surface area contributed by atoms with Gasteiger partial charge in [0.2, 0.25) is 0 Å². The second kappa shape index (κ2) is 4.37. The standard InChI is InChI=1S/C16H12BrNOS/c1-8-10-3-2-9(19)6-11(10)12-7-20-13-4-5-14(17)18-16(13)15(8)12/h2-6,8,19H,7H2,1H3. The third kappa shape index (κ3) is 1.68. The van der Waals surface area contributed by atoms with Gasteiger partial charge in [0.15, 0.2) is 0 Å². The quantitative estimate of drug-likeness (QED) is 0.703. The number of aromatic nitrogens is 1. The van der Waals surface area contributed by atoms with Gasteiger partial charge < -0.3 is 5.11 Å². The Labute approximate surface area is 130 Å². The Kier molecular flexibility index (Phi) is 2.72. The maximum atomic E-state index is 9.76. The first-order chi connectivity index (χ1) is 9.65. The fourth-order valence-corrected chi connectivity index (χ4v) is 4.51. The third-order valence-corrected chi connectivity index (χ3v) is 5.55. The van der Waals surface area contributed by atoms with E-state index in [0.29, 0.717) is 11.7 Å². The largest absolute Gasteiger partial charge is 0.508 e. The molecule has 4 heteroatoms. The summed E-state index contributed by atoms with van der Waals surface area (Å²) in [5.41, 5.74) is 6.22. The van der Waals surface area contributed by atoms with Gasteiger partial charge in [-0.2, -0.15) is 0 Å². The Hall–Kier alpha value is -1.26. The number of rotatable bonds is 0. The van der Waals surface area contributed by atoms with E-state index in [9.17, 15) is 5.11 Å². The molecule has 0 amide bonds. The Balaban J connectivity index is 1.98. The van der Waals surface area contributed by atoms with Gasteiger partial charge in [-0.05, 0) is 62.5 Å². The molecule has 1 unspecified atom stereocenters. The SMILES string of the molecule is CC1C2=C(CSc3ccc(Br)nc32)c2cc(O)ccc21. The van der Waals surface area contributed by atoms with Gasteiger partial charge in [0.25, 0.3) is 0 Å². The Morgan fingerprint density at radius 2 is 2.15 bits per heavy atom. The van der Waals surface area contributed by atoms with Crippen LogP contribution < -0.4 is 0 Å². The number of allylic oxidation sites excluding steroid dienone is 1. The smallest absolute Gasteiger partial charge is 0.116 e. The van der Waals surface area contributed by atoms with Crippen molar-refractivity contribution in [2.45, 2.75) is 17.7 Å². The number of fused-ring (bicyclic) bond motifs is 4. The number of halogens is 1. The van der Waals surface area contributed by atoms with E-state index in [2.05, 4.69) is 33.9 Å². The minimum absolute atomic E-state index is 0.335. The number of pyridine rings is 1. The van der Waals surface area contributed by atoms with Gasteiger partial charge >= 0.3 is 0 Å². The molecule has 4 rings (SSSR count). The number of phenols is 1. The van der Waals surface area contributed by atoms with Crippen LogP contribution in [0.2, 0.25) is 0 Å². The Morgan fingerprint density at radius 3 is 3.00 bits per heavy atom. The fourth-order valence-electron chi connectivity index (χ4n) is 3.13. The average Bonchev–Trinajstić information content (AvgIpc) is 2.72. The van der Waals surface area contributed by atoms with Crippen LogP contribution in [0.25, 0.3) is 11.1 Å². The van der Waals surface area contributed by atoms with Gasteiger partial charge in [0, 0.05) is 16.6 Å². The summed E-state index contributed by atoms with van der Waals surface area (Å²) >= 11 is 5.29. The number of hydrogen-bond donors (Lipinski definition) is 1. The topological polar surface area (TPSA) is 33.1 Å². The van der Waals surface area contributed by atoms with Gasteiger partial charge in [0.1, 0.15) is 10.4 Å². The monoisotopic (exact) mass is 345 g/mol. The minimum Gasteiger partial charge on any atom is -0.508 e. The van der Waals surface area contributed by atoms with Crippen LogP contribution in [0.15, 0.2) is 39.8 Å². The van der Waals surface area contributed by atoms with E-state index in [-0.39, 0.29) is 0 Å². The Morgan fingerprint density at radius 1 is 1.30 bits per heavy atom. The van der Waals surface area contributed by atoms with E-state index in [1.54, 1.807) is 6.07 Å². The summed E-state index contributed by atoms with van der Waals surface area (Å²) in [7, 11) is 0. The zero-order valence-corrected chi connectivity index (χ0v) is 13.3. The number of aromatic hydroxyl groups is 1. The van der Waals surface area contributed by atoms with Crippen LogP contribution in [-0.2, 0) is 0 Å². The predicted molar refractivity (Wildman–Crippen MR) is 86.0 cm³/mol. The fraction of sp³-hybridized carbons (Fsp3) is 0.188. The molecule has 0 bridgehead atoms. The molecule has 1 aliphatic heterocycles. The van der Waals surface area contributed by atoms with Crippen molar-refractivity contribution in [3.8, 4) is 5.75 Å². The van der Waals surface area contributed by atoms with Crippen LogP contribution in [0, 0.1) is 0 Å². The molecule has 100 valence electrons. The van der Waals surface area contributed by atoms with Gasteiger partial charge in [-0.3, -0.25) is 0 Å². The van der Waals surface area contributed by atoms with Gasteiger partial charge in [-0.1, -0.05) is 13.0 Å². The summed E-state index contributed by atoms with van der Waals surface area (Å²) < 4.78 is 0.872. The van der Waals surface area contributed by atoms with E-state index in [4.69, 9.17) is 0 Å². The van der Waals surface area contributed by atoms with Crippen molar-refractivity contribution in [2.24, 2.45) is 0 Å². The van der Waals surface area contributed by atoms with Crippen molar-refractivity contribution in [1.82, 2.24) is 4.98 Å². The third-order valence-electron chi connectivity index (χ3n) is 4.04. The normalized spacial score (nSPS) is 19.6. The minimum atomic E-state index is 0.335. The van der Waals surface area contributed by atoms with Crippen molar-refractivity contribution in [1.29, 1.82) is 0 Å². The average molecular weight is 346 g/mol. The predicted octanol–water partition coefficient (Wildman–Crippen LogP) is 4.68.